The highest BCUT2D eigenvalue weighted by Gasteiger charge is 2.34. The van der Waals surface area contributed by atoms with Gasteiger partial charge in [0.2, 0.25) is 15.9 Å². The number of amides is 1. The largest absolute Gasteiger partial charge is 0.369 e. The number of carbonyl (C=O) groups is 1. The second-order valence-electron chi connectivity index (χ2n) is 3.94. The summed E-state index contributed by atoms with van der Waals surface area (Å²) in [6.07, 6.45) is 3.29. The lowest BCUT2D eigenvalue weighted by Gasteiger charge is -2.15. The topological polar surface area (TPSA) is 93.4 Å². The molecule has 1 aliphatic rings. The van der Waals surface area contributed by atoms with E-state index < -0.39 is 15.9 Å². The number of nitrogens with two attached hydrogens (primary N) is 1. The molecule has 2 rings (SSSR count). The van der Waals surface area contributed by atoms with Gasteiger partial charge in [0.05, 0.1) is 5.92 Å². The molecule has 2 N–H and O–H groups in total. The van der Waals surface area contributed by atoms with E-state index in [-0.39, 0.29) is 17.4 Å². The predicted octanol–water partition coefficient (Wildman–Crippen LogP) is -0.423. The SMILES string of the molecule is NC(=O)[C@H]1CCN(S(=O)(=O)c2cccnc2)C1. The minimum absolute atomic E-state index is 0.144. The number of pyridine rings is 1. The lowest BCUT2D eigenvalue weighted by molar-refractivity contribution is -0.121. The van der Waals surface area contributed by atoms with Crippen molar-refractivity contribution in [3.63, 3.8) is 0 Å². The second-order valence-corrected chi connectivity index (χ2v) is 5.88. The molecule has 0 aromatic carbocycles. The Labute approximate surface area is 99.5 Å². The van der Waals surface area contributed by atoms with Gasteiger partial charge in [0.15, 0.2) is 0 Å². The van der Waals surface area contributed by atoms with Crippen molar-refractivity contribution in [1.82, 2.24) is 9.29 Å². The van der Waals surface area contributed by atoms with Crippen molar-refractivity contribution in [2.75, 3.05) is 13.1 Å². The molecule has 1 aromatic rings. The van der Waals surface area contributed by atoms with Gasteiger partial charge in [0.25, 0.3) is 0 Å². The van der Waals surface area contributed by atoms with Crippen molar-refractivity contribution in [3.8, 4) is 0 Å². The van der Waals surface area contributed by atoms with Crippen LogP contribution in [0.25, 0.3) is 0 Å². The van der Waals surface area contributed by atoms with Gasteiger partial charge < -0.3 is 5.73 Å². The van der Waals surface area contributed by atoms with Gasteiger partial charge in [-0.3, -0.25) is 9.78 Å². The van der Waals surface area contributed by atoms with Crippen LogP contribution in [0.2, 0.25) is 0 Å². The van der Waals surface area contributed by atoms with Crippen molar-refractivity contribution < 1.29 is 13.2 Å². The fourth-order valence-corrected chi connectivity index (χ4v) is 3.29. The number of sulfonamides is 1. The Hall–Kier alpha value is -1.47. The molecule has 1 aromatic heterocycles. The molecular weight excluding hydrogens is 242 g/mol. The van der Waals surface area contributed by atoms with E-state index in [1.807, 2.05) is 0 Å². The first kappa shape index (κ1) is 12.0. The Kier molecular flexibility index (Phi) is 3.12. The quantitative estimate of drug-likeness (QED) is 0.793. The molecule has 0 saturated carbocycles. The molecule has 1 amide bonds. The highest BCUT2D eigenvalue weighted by molar-refractivity contribution is 7.89. The third kappa shape index (κ3) is 2.29. The number of primary amides is 1. The number of nitrogens with zero attached hydrogens (tertiary/aromatic N) is 2. The van der Waals surface area contributed by atoms with Crippen LogP contribution in [-0.4, -0.2) is 36.7 Å². The minimum Gasteiger partial charge on any atom is -0.369 e. The van der Waals surface area contributed by atoms with Gasteiger partial charge in [-0.1, -0.05) is 0 Å². The van der Waals surface area contributed by atoms with Crippen molar-refractivity contribution in [1.29, 1.82) is 0 Å². The van der Waals surface area contributed by atoms with Crippen molar-refractivity contribution in [2.24, 2.45) is 11.7 Å². The molecule has 1 fully saturated rings. The molecule has 1 aliphatic heterocycles. The maximum Gasteiger partial charge on any atom is 0.244 e. The first-order valence-corrected chi connectivity index (χ1v) is 6.65. The van der Waals surface area contributed by atoms with E-state index in [0.717, 1.165) is 0 Å². The van der Waals surface area contributed by atoms with Gasteiger partial charge in [-0.25, -0.2) is 8.42 Å². The number of hydrogen-bond donors (Lipinski definition) is 1. The van der Waals surface area contributed by atoms with E-state index >= 15 is 0 Å². The molecule has 0 spiro atoms. The van der Waals surface area contributed by atoms with Gasteiger partial charge in [-0.15, -0.1) is 0 Å². The molecule has 0 aliphatic carbocycles. The molecule has 0 bridgehead atoms. The maximum absolute atomic E-state index is 12.1. The van der Waals surface area contributed by atoms with Crippen molar-refractivity contribution in [2.45, 2.75) is 11.3 Å². The van der Waals surface area contributed by atoms with Gasteiger partial charge in [0, 0.05) is 25.5 Å². The van der Waals surface area contributed by atoms with Crippen LogP contribution in [0.1, 0.15) is 6.42 Å². The summed E-state index contributed by atoms with van der Waals surface area (Å²) in [4.78, 5) is 14.9. The smallest absolute Gasteiger partial charge is 0.244 e. The highest BCUT2D eigenvalue weighted by atomic mass is 32.2. The van der Waals surface area contributed by atoms with Crippen LogP contribution < -0.4 is 5.73 Å². The van der Waals surface area contributed by atoms with Crippen LogP contribution in [0.3, 0.4) is 0 Å². The fraction of sp³-hybridized carbons (Fsp3) is 0.400. The van der Waals surface area contributed by atoms with Crippen LogP contribution in [0, 0.1) is 5.92 Å². The third-order valence-electron chi connectivity index (χ3n) is 2.83. The summed E-state index contributed by atoms with van der Waals surface area (Å²) in [7, 11) is -3.54. The van der Waals surface area contributed by atoms with Gasteiger partial charge in [-0.05, 0) is 18.6 Å². The zero-order valence-corrected chi connectivity index (χ0v) is 9.93. The zero-order valence-electron chi connectivity index (χ0n) is 9.11. The third-order valence-corrected chi connectivity index (χ3v) is 4.67. The maximum atomic E-state index is 12.1. The summed E-state index contributed by atoms with van der Waals surface area (Å²) < 4.78 is 25.6. The normalized spacial score (nSPS) is 21.5. The van der Waals surface area contributed by atoms with Crippen molar-refractivity contribution in [3.05, 3.63) is 24.5 Å². The fourth-order valence-electron chi connectivity index (χ4n) is 1.83. The summed E-state index contributed by atoms with van der Waals surface area (Å²) in [5.41, 5.74) is 5.17. The van der Waals surface area contributed by atoms with E-state index in [1.54, 1.807) is 6.07 Å². The summed E-state index contributed by atoms with van der Waals surface area (Å²) >= 11 is 0. The Morgan fingerprint density at radius 2 is 2.29 bits per heavy atom. The first-order valence-electron chi connectivity index (χ1n) is 5.21. The molecule has 7 heteroatoms. The van der Waals surface area contributed by atoms with Gasteiger partial charge in [0.1, 0.15) is 4.90 Å². The van der Waals surface area contributed by atoms with E-state index in [9.17, 15) is 13.2 Å². The van der Waals surface area contributed by atoms with E-state index in [4.69, 9.17) is 5.73 Å². The van der Waals surface area contributed by atoms with Crippen molar-refractivity contribution >= 4 is 15.9 Å². The number of aromatic nitrogens is 1. The number of carbonyl (C=O) groups excluding carboxylic acids is 1. The highest BCUT2D eigenvalue weighted by Crippen LogP contribution is 2.23. The second kappa shape index (κ2) is 4.42. The molecule has 92 valence electrons. The Morgan fingerprint density at radius 3 is 2.82 bits per heavy atom. The van der Waals surface area contributed by atoms with Crippen LogP contribution in [0.15, 0.2) is 29.4 Å². The van der Waals surface area contributed by atoms with Crippen LogP contribution in [0.4, 0.5) is 0 Å². The molecular formula is C10H13N3O3S. The Balaban J connectivity index is 2.22. The number of hydrogen-bond acceptors (Lipinski definition) is 4. The van der Waals surface area contributed by atoms with Crippen LogP contribution in [-0.2, 0) is 14.8 Å². The number of rotatable bonds is 3. The van der Waals surface area contributed by atoms with Crippen LogP contribution >= 0.6 is 0 Å². The Morgan fingerprint density at radius 1 is 1.53 bits per heavy atom. The molecule has 0 radical (unpaired) electrons. The lowest BCUT2D eigenvalue weighted by Crippen LogP contribution is -2.31. The summed E-state index contributed by atoms with van der Waals surface area (Å²) in [5, 5.41) is 0. The molecule has 1 atom stereocenters. The molecule has 17 heavy (non-hydrogen) atoms. The summed E-state index contributed by atoms with van der Waals surface area (Å²) in [6.45, 7) is 0.484. The summed E-state index contributed by atoms with van der Waals surface area (Å²) in [6, 6.07) is 3.05. The average Bonchev–Trinajstić information content (AvgIpc) is 2.80. The Bertz CT molecular complexity index is 515. The van der Waals surface area contributed by atoms with Crippen LogP contribution in [0.5, 0.6) is 0 Å². The molecule has 1 saturated heterocycles. The lowest BCUT2D eigenvalue weighted by atomic mass is 10.1. The van der Waals surface area contributed by atoms with Gasteiger partial charge in [-0.2, -0.15) is 4.31 Å². The summed E-state index contributed by atoms with van der Waals surface area (Å²) in [5.74, 6) is -0.838. The minimum atomic E-state index is -3.54. The predicted molar refractivity (Wildman–Crippen MR) is 60.3 cm³/mol. The van der Waals surface area contributed by atoms with E-state index in [2.05, 4.69) is 4.98 Å². The molecule has 6 nitrogen and oxygen atoms in total. The molecule has 2 heterocycles. The zero-order chi connectivity index (χ0) is 12.5. The average molecular weight is 255 g/mol. The van der Waals surface area contributed by atoms with Gasteiger partial charge >= 0.3 is 0 Å². The monoisotopic (exact) mass is 255 g/mol. The van der Waals surface area contributed by atoms with E-state index in [1.165, 1.54) is 22.8 Å². The molecule has 0 unspecified atom stereocenters. The standard InChI is InChI=1S/C10H13N3O3S/c11-10(14)8-3-5-13(7-8)17(15,16)9-2-1-4-12-6-9/h1-2,4,6,8H,3,5,7H2,(H2,11,14)/t8-/m0/s1. The van der Waals surface area contributed by atoms with E-state index in [0.29, 0.717) is 13.0 Å². The first-order chi connectivity index (χ1) is 8.01.